The van der Waals surface area contributed by atoms with Crippen molar-refractivity contribution >= 4 is 46.6 Å². The molecule has 0 saturated carbocycles. The Balaban J connectivity index is 1.30. The van der Waals surface area contributed by atoms with E-state index in [0.717, 1.165) is 27.6 Å². The number of rotatable bonds is 12. The third kappa shape index (κ3) is 7.67. The molecule has 4 aromatic rings. The number of para-hydroxylation sites is 1. The van der Waals surface area contributed by atoms with Crippen molar-refractivity contribution < 1.29 is 29.1 Å². The van der Waals surface area contributed by atoms with E-state index < -0.39 is 53.9 Å². The number of nitrogens with two attached hydrogens (primary N) is 3. The number of H-pyrrole nitrogens is 2. The second-order valence-electron chi connectivity index (χ2n) is 13.0. The molecule has 1 unspecified atom stereocenters. The molecular weight excluding hydrogens is 670 g/mol. The van der Waals surface area contributed by atoms with Gasteiger partial charge in [-0.15, -0.1) is 0 Å². The minimum Gasteiger partial charge on any atom is -0.480 e. The van der Waals surface area contributed by atoms with Crippen LogP contribution in [0.25, 0.3) is 10.9 Å². The second kappa shape index (κ2) is 15.2. The topological polar surface area (TPSA) is 271 Å². The molecule has 17 heteroatoms. The molecule has 11 N–H and O–H groups in total. The number of primary amides is 1. The van der Waals surface area contributed by atoms with E-state index in [1.807, 2.05) is 48.5 Å². The lowest BCUT2D eigenvalue weighted by Crippen LogP contribution is -2.61. The summed E-state index contributed by atoms with van der Waals surface area (Å²) < 4.78 is 0. The molecule has 0 saturated heterocycles. The monoisotopic (exact) mass is 711 g/mol. The summed E-state index contributed by atoms with van der Waals surface area (Å²) in [6.45, 7) is 0.189. The Morgan fingerprint density at radius 3 is 2.33 bits per heavy atom. The summed E-state index contributed by atoms with van der Waals surface area (Å²) in [5.74, 6) is -3.11. The highest BCUT2D eigenvalue weighted by molar-refractivity contribution is 5.96. The fraction of sp³-hybridized carbons (Fsp3) is 0.343. The van der Waals surface area contributed by atoms with Crippen LogP contribution in [0, 0.1) is 0 Å². The molecule has 0 fully saturated rings. The molecule has 2 aromatic heterocycles. The number of nitrogens with zero attached hydrogens (tertiary/aromatic N) is 4. The molecule has 2 aliphatic heterocycles. The van der Waals surface area contributed by atoms with Gasteiger partial charge in [0.05, 0.1) is 12.9 Å². The summed E-state index contributed by atoms with van der Waals surface area (Å²) >= 11 is 0. The Hall–Kier alpha value is -6.39. The van der Waals surface area contributed by atoms with Crippen LogP contribution in [-0.4, -0.2) is 96.3 Å². The molecular formula is C35H41N11O6. The van der Waals surface area contributed by atoms with Gasteiger partial charge < -0.3 is 52.7 Å². The van der Waals surface area contributed by atoms with Gasteiger partial charge in [-0.05, 0) is 35.6 Å². The van der Waals surface area contributed by atoms with Crippen molar-refractivity contribution in [2.75, 3.05) is 6.54 Å². The average Bonchev–Trinajstić information content (AvgIpc) is 3.78. The molecule has 4 heterocycles. The maximum absolute atomic E-state index is 14.4. The van der Waals surface area contributed by atoms with Gasteiger partial charge in [0, 0.05) is 60.8 Å². The first-order valence-corrected chi connectivity index (χ1v) is 16.9. The van der Waals surface area contributed by atoms with Crippen LogP contribution in [-0.2, 0) is 51.5 Å². The normalized spacial score (nSPS) is 17.7. The lowest BCUT2D eigenvalue weighted by atomic mass is 9.92. The first kappa shape index (κ1) is 35.4. The fourth-order valence-electron chi connectivity index (χ4n) is 7.07. The second-order valence-corrected chi connectivity index (χ2v) is 13.0. The Labute approximate surface area is 298 Å². The van der Waals surface area contributed by atoms with Crippen molar-refractivity contribution in [3.63, 3.8) is 0 Å². The number of aromatic nitrogens is 3. The van der Waals surface area contributed by atoms with Crippen LogP contribution in [0.5, 0.6) is 0 Å². The minimum atomic E-state index is -1.20. The highest BCUT2D eigenvalue weighted by Crippen LogP contribution is 2.31. The smallest absolute Gasteiger partial charge is 0.326 e. The highest BCUT2D eigenvalue weighted by Gasteiger charge is 2.42. The molecule has 2 aromatic carbocycles. The number of benzene rings is 2. The largest absolute Gasteiger partial charge is 0.480 e. The van der Waals surface area contributed by atoms with Gasteiger partial charge in [-0.2, -0.15) is 0 Å². The van der Waals surface area contributed by atoms with Gasteiger partial charge in [-0.25, -0.2) is 14.6 Å². The SMILES string of the molecule is NC(=O)N[C@@H](Cc1cnc[nH]1)C(=O)N1Cc2ccccc2C[C@H]1C(=O)N[C@@H](CCCN=C(N)N)C(=O)N1Cc2[nH]c3ccccc3c2CC1C(=O)O. The molecule has 0 bridgehead atoms. The van der Waals surface area contributed by atoms with Crippen LogP contribution in [0.4, 0.5) is 4.79 Å². The first-order chi connectivity index (χ1) is 25.0. The Morgan fingerprint density at radius 1 is 0.904 bits per heavy atom. The summed E-state index contributed by atoms with van der Waals surface area (Å²) in [4.78, 5) is 84.4. The zero-order valence-electron chi connectivity index (χ0n) is 28.2. The van der Waals surface area contributed by atoms with Crippen molar-refractivity contribution in [3.05, 3.63) is 89.1 Å². The lowest BCUT2D eigenvalue weighted by Gasteiger charge is -2.39. The van der Waals surface area contributed by atoms with Gasteiger partial charge >= 0.3 is 12.0 Å². The van der Waals surface area contributed by atoms with Gasteiger partial charge in [-0.3, -0.25) is 19.4 Å². The molecule has 6 rings (SSSR count). The standard InChI is InChI=1S/C35H41N11O6/c36-34(37)40-11-5-10-25(31(48)46-17-27-23(14-29(46)33(50)51)22-8-3-4-9-24(22)42-27)43-30(47)28-12-19-6-1-2-7-20(19)16-45(28)32(49)26(44-35(38)52)13-21-15-39-18-41-21/h1-4,6-9,15,18,25-26,28-29,42H,5,10-14,16-17H2,(H,39,41)(H,43,47)(H,50,51)(H4,36,37,40)(H3,38,44,52)/t25-,26-,28-,29?/m0/s1. The summed E-state index contributed by atoms with van der Waals surface area (Å²) in [5, 5.41) is 16.5. The van der Waals surface area contributed by atoms with Gasteiger partial charge in [-0.1, -0.05) is 42.5 Å². The van der Waals surface area contributed by atoms with Crippen molar-refractivity contribution in [3.8, 4) is 0 Å². The third-order valence-electron chi connectivity index (χ3n) is 9.56. The van der Waals surface area contributed by atoms with E-state index in [2.05, 4.69) is 30.6 Å². The number of urea groups is 1. The number of nitrogens with one attached hydrogen (secondary N) is 4. The van der Waals surface area contributed by atoms with Crippen molar-refractivity contribution in [1.29, 1.82) is 0 Å². The van der Waals surface area contributed by atoms with Crippen LogP contribution < -0.4 is 27.8 Å². The number of amides is 5. The van der Waals surface area contributed by atoms with Crippen LogP contribution in [0.2, 0.25) is 0 Å². The quantitative estimate of drug-likeness (QED) is 0.0557. The molecule has 5 amide bonds. The van der Waals surface area contributed by atoms with Crippen LogP contribution in [0.15, 0.2) is 66.0 Å². The number of carbonyl (C=O) groups excluding carboxylic acids is 4. The van der Waals surface area contributed by atoms with Gasteiger partial charge in [0.25, 0.3) is 0 Å². The predicted molar refractivity (Wildman–Crippen MR) is 189 cm³/mol. The van der Waals surface area contributed by atoms with E-state index in [0.29, 0.717) is 11.4 Å². The van der Waals surface area contributed by atoms with E-state index >= 15 is 0 Å². The zero-order valence-corrected chi connectivity index (χ0v) is 28.2. The maximum Gasteiger partial charge on any atom is 0.326 e. The molecule has 52 heavy (non-hydrogen) atoms. The third-order valence-corrected chi connectivity index (χ3v) is 9.56. The van der Waals surface area contributed by atoms with E-state index in [4.69, 9.17) is 17.2 Å². The highest BCUT2D eigenvalue weighted by atomic mass is 16.4. The maximum atomic E-state index is 14.4. The fourth-order valence-corrected chi connectivity index (χ4v) is 7.07. The molecule has 0 radical (unpaired) electrons. The number of hydrogen-bond acceptors (Lipinski definition) is 7. The van der Waals surface area contributed by atoms with Crippen LogP contribution in [0.3, 0.4) is 0 Å². The number of carbonyl (C=O) groups is 5. The Bertz CT molecular complexity index is 2000. The van der Waals surface area contributed by atoms with Crippen molar-refractivity contribution in [2.24, 2.45) is 22.2 Å². The Kier molecular flexibility index (Phi) is 10.4. The van der Waals surface area contributed by atoms with Gasteiger partial charge in [0.2, 0.25) is 17.7 Å². The predicted octanol–water partition coefficient (Wildman–Crippen LogP) is 0.000400. The molecule has 2 aliphatic rings. The Morgan fingerprint density at radius 2 is 1.62 bits per heavy atom. The summed E-state index contributed by atoms with van der Waals surface area (Å²) in [6, 6.07) is 9.37. The van der Waals surface area contributed by atoms with E-state index in [-0.39, 0.29) is 57.7 Å². The van der Waals surface area contributed by atoms with E-state index in [1.165, 1.54) is 22.3 Å². The van der Waals surface area contributed by atoms with E-state index in [1.54, 1.807) is 0 Å². The van der Waals surface area contributed by atoms with Crippen LogP contribution in [0.1, 0.15) is 40.9 Å². The number of aromatic amines is 2. The summed E-state index contributed by atoms with van der Waals surface area (Å²) in [7, 11) is 0. The number of carboxylic acids is 1. The lowest BCUT2D eigenvalue weighted by molar-refractivity contribution is -0.153. The first-order valence-electron chi connectivity index (χ1n) is 16.9. The van der Waals surface area contributed by atoms with E-state index in [9.17, 15) is 29.1 Å². The number of fused-ring (bicyclic) bond motifs is 4. The number of imidazole rings is 1. The average molecular weight is 712 g/mol. The number of aliphatic carboxylic acids is 1. The van der Waals surface area contributed by atoms with Crippen molar-refractivity contribution in [2.45, 2.75) is 69.4 Å². The van der Waals surface area contributed by atoms with Gasteiger partial charge in [0.15, 0.2) is 5.96 Å². The van der Waals surface area contributed by atoms with Crippen molar-refractivity contribution in [1.82, 2.24) is 35.4 Å². The molecule has 272 valence electrons. The molecule has 0 spiro atoms. The van der Waals surface area contributed by atoms with Crippen LogP contribution >= 0.6 is 0 Å². The van der Waals surface area contributed by atoms with Gasteiger partial charge in [0.1, 0.15) is 24.2 Å². The number of guanidine groups is 1. The molecule has 17 nitrogen and oxygen atoms in total. The summed E-state index contributed by atoms with van der Waals surface area (Å²) in [5.41, 5.74) is 21.0. The number of hydrogen-bond donors (Lipinski definition) is 8. The number of aliphatic imine (C=N–C) groups is 1. The number of carboxylic acid groups (broad SMARTS) is 1. The molecule has 4 atom stereocenters. The zero-order chi connectivity index (χ0) is 36.9. The molecule has 0 aliphatic carbocycles. The minimum absolute atomic E-state index is 0.0183. The summed E-state index contributed by atoms with van der Waals surface area (Å²) in [6.07, 6.45) is 3.53.